The highest BCUT2D eigenvalue weighted by molar-refractivity contribution is 6.42. The van der Waals surface area contributed by atoms with Gasteiger partial charge in [-0.2, -0.15) is 5.10 Å². The van der Waals surface area contributed by atoms with Crippen LogP contribution in [0.4, 0.5) is 5.82 Å². The molecule has 2 aromatic rings. The van der Waals surface area contributed by atoms with Gasteiger partial charge in [0.25, 0.3) is 0 Å². The zero-order valence-electron chi connectivity index (χ0n) is 15.5. The molecule has 0 N–H and O–H groups in total. The summed E-state index contributed by atoms with van der Waals surface area (Å²) in [5, 5.41) is 5.81. The van der Waals surface area contributed by atoms with Crippen molar-refractivity contribution in [3.63, 3.8) is 0 Å². The quantitative estimate of drug-likeness (QED) is 0.615. The molecular formula is C20H21Cl3N4O. The van der Waals surface area contributed by atoms with Crippen molar-refractivity contribution in [1.82, 2.24) is 14.7 Å². The Balaban J connectivity index is 1.80. The Morgan fingerprint density at radius 2 is 1.75 bits per heavy atom. The molecule has 0 saturated carbocycles. The molecule has 28 heavy (non-hydrogen) atoms. The summed E-state index contributed by atoms with van der Waals surface area (Å²) >= 11 is 18.7. The first-order valence-corrected chi connectivity index (χ1v) is 10.6. The summed E-state index contributed by atoms with van der Waals surface area (Å²) in [6, 6.07) is 5.07. The molecule has 1 aromatic carbocycles. The van der Waals surface area contributed by atoms with Crippen molar-refractivity contribution in [1.29, 1.82) is 0 Å². The number of amides is 1. The van der Waals surface area contributed by atoms with Crippen LogP contribution in [-0.4, -0.2) is 39.4 Å². The second-order valence-corrected chi connectivity index (χ2v) is 8.57. The van der Waals surface area contributed by atoms with E-state index in [4.69, 9.17) is 34.8 Å². The normalized spacial score (nSPS) is 22.4. The van der Waals surface area contributed by atoms with Gasteiger partial charge in [-0.25, -0.2) is 9.67 Å². The Morgan fingerprint density at radius 1 is 1.04 bits per heavy atom. The van der Waals surface area contributed by atoms with E-state index in [-0.39, 0.29) is 11.9 Å². The molecule has 3 heterocycles. The van der Waals surface area contributed by atoms with Crippen LogP contribution in [0.1, 0.15) is 44.2 Å². The van der Waals surface area contributed by atoms with Gasteiger partial charge in [-0.15, -0.1) is 0 Å². The molecule has 148 valence electrons. The number of rotatable bonds is 2. The summed E-state index contributed by atoms with van der Waals surface area (Å²) in [6.07, 6.45) is 5.96. The molecule has 5 nitrogen and oxygen atoms in total. The monoisotopic (exact) mass is 438 g/mol. The maximum atomic E-state index is 13.6. The first kappa shape index (κ1) is 19.7. The van der Waals surface area contributed by atoms with Crippen molar-refractivity contribution in [3.8, 4) is 0 Å². The van der Waals surface area contributed by atoms with Crippen molar-refractivity contribution in [3.05, 3.63) is 45.0 Å². The van der Waals surface area contributed by atoms with Crippen molar-refractivity contribution < 1.29 is 4.79 Å². The second kappa shape index (κ2) is 8.05. The topological polar surface area (TPSA) is 50.5 Å². The minimum absolute atomic E-state index is 0.0801. The molecule has 0 aliphatic carbocycles. The molecule has 2 aliphatic heterocycles. The Bertz CT molecular complexity index is 932. The van der Waals surface area contributed by atoms with E-state index in [2.05, 4.69) is 10.1 Å². The standard InChI is InChI=1S/C20H21Cl3N4O/c1-12-17(20(28)26-8-4-2-3-5-9-26)18(13-6-7-14(21)15(22)10-13)27-19(25-12)16(23)11-24-27/h6-7,10-11,17-18H,2-5,8-9H2,1H3. The first-order chi connectivity index (χ1) is 13.5. The fourth-order valence-corrected chi connectivity index (χ4v) is 4.56. The molecular weight excluding hydrogens is 419 g/mol. The van der Waals surface area contributed by atoms with Crippen LogP contribution in [0.3, 0.4) is 0 Å². The van der Waals surface area contributed by atoms with E-state index >= 15 is 0 Å². The van der Waals surface area contributed by atoms with Gasteiger partial charge in [0.05, 0.1) is 22.3 Å². The van der Waals surface area contributed by atoms with Crippen molar-refractivity contribution in [2.45, 2.75) is 38.6 Å². The van der Waals surface area contributed by atoms with E-state index in [0.717, 1.165) is 50.0 Å². The van der Waals surface area contributed by atoms with Crippen molar-refractivity contribution >= 4 is 52.2 Å². The number of aromatic nitrogens is 2. The lowest BCUT2D eigenvalue weighted by atomic mass is 9.87. The molecule has 8 heteroatoms. The predicted molar refractivity (Wildman–Crippen MR) is 113 cm³/mol. The largest absolute Gasteiger partial charge is 0.342 e. The predicted octanol–water partition coefficient (Wildman–Crippen LogP) is 5.56. The van der Waals surface area contributed by atoms with Crippen LogP contribution in [0.2, 0.25) is 15.1 Å². The number of carbonyl (C=O) groups excluding carboxylic acids is 1. The first-order valence-electron chi connectivity index (χ1n) is 9.49. The van der Waals surface area contributed by atoms with Gasteiger partial charge < -0.3 is 4.90 Å². The number of aliphatic imine (C=N–C) groups is 1. The zero-order valence-corrected chi connectivity index (χ0v) is 17.8. The Morgan fingerprint density at radius 3 is 2.43 bits per heavy atom. The SMILES string of the molecule is CC1=Nc2c(Cl)cnn2C(c2ccc(Cl)c(Cl)c2)C1C(=O)N1CCCCCC1. The average Bonchev–Trinajstić information content (AvgIpc) is 2.88. The number of hydrogen-bond acceptors (Lipinski definition) is 3. The summed E-state index contributed by atoms with van der Waals surface area (Å²) in [5.74, 6) is 0.186. The summed E-state index contributed by atoms with van der Waals surface area (Å²) < 4.78 is 1.73. The van der Waals surface area contributed by atoms with Crippen LogP contribution in [0.25, 0.3) is 0 Å². The Kier molecular flexibility index (Phi) is 5.68. The summed E-state index contributed by atoms with van der Waals surface area (Å²) in [5.41, 5.74) is 1.60. The van der Waals surface area contributed by atoms with Crippen LogP contribution >= 0.6 is 34.8 Å². The zero-order chi connectivity index (χ0) is 19.8. The van der Waals surface area contributed by atoms with Crippen LogP contribution in [0, 0.1) is 5.92 Å². The van der Waals surface area contributed by atoms with E-state index < -0.39 is 5.92 Å². The molecule has 1 saturated heterocycles. The lowest BCUT2D eigenvalue weighted by Crippen LogP contribution is -2.45. The van der Waals surface area contributed by atoms with E-state index in [1.807, 2.05) is 17.9 Å². The number of hydrogen-bond donors (Lipinski definition) is 0. The lowest BCUT2D eigenvalue weighted by Gasteiger charge is -2.34. The smallest absolute Gasteiger partial charge is 0.233 e. The molecule has 2 atom stereocenters. The maximum absolute atomic E-state index is 13.6. The molecule has 0 radical (unpaired) electrons. The van der Waals surface area contributed by atoms with E-state index in [0.29, 0.717) is 20.9 Å². The molecule has 0 bridgehead atoms. The van der Waals surface area contributed by atoms with Crippen molar-refractivity contribution in [2.24, 2.45) is 10.9 Å². The van der Waals surface area contributed by atoms with Gasteiger partial charge in [-0.1, -0.05) is 53.7 Å². The third-order valence-electron chi connectivity index (χ3n) is 5.51. The summed E-state index contributed by atoms with van der Waals surface area (Å²) in [7, 11) is 0. The van der Waals surface area contributed by atoms with E-state index in [1.165, 1.54) is 0 Å². The number of benzene rings is 1. The average molecular weight is 440 g/mol. The highest BCUT2D eigenvalue weighted by atomic mass is 35.5. The highest BCUT2D eigenvalue weighted by Gasteiger charge is 2.41. The Labute approximate surface area is 179 Å². The van der Waals surface area contributed by atoms with Crippen LogP contribution in [0.5, 0.6) is 0 Å². The van der Waals surface area contributed by atoms with Gasteiger partial charge in [0, 0.05) is 18.8 Å². The fourth-order valence-electron chi connectivity index (χ4n) is 4.08. The Hall–Kier alpha value is -1.56. The van der Waals surface area contributed by atoms with Crippen molar-refractivity contribution in [2.75, 3.05) is 13.1 Å². The molecule has 2 unspecified atom stereocenters. The molecule has 2 aliphatic rings. The third-order valence-corrected chi connectivity index (χ3v) is 6.51. The van der Waals surface area contributed by atoms with Crippen LogP contribution in [-0.2, 0) is 4.79 Å². The number of halogens is 3. The lowest BCUT2D eigenvalue weighted by molar-refractivity contribution is -0.134. The van der Waals surface area contributed by atoms with Gasteiger partial charge in [-0.05, 0) is 37.5 Å². The maximum Gasteiger partial charge on any atom is 0.233 e. The molecule has 4 rings (SSSR count). The fraction of sp³-hybridized carbons (Fsp3) is 0.450. The highest BCUT2D eigenvalue weighted by Crippen LogP contribution is 2.41. The number of likely N-dealkylation sites (tertiary alicyclic amines) is 1. The summed E-state index contributed by atoms with van der Waals surface area (Å²) in [4.78, 5) is 20.2. The number of carbonyl (C=O) groups is 1. The van der Waals surface area contributed by atoms with Gasteiger partial charge in [0.1, 0.15) is 10.9 Å². The summed E-state index contributed by atoms with van der Waals surface area (Å²) in [6.45, 7) is 3.45. The van der Waals surface area contributed by atoms with Gasteiger partial charge in [0.2, 0.25) is 5.91 Å². The van der Waals surface area contributed by atoms with Gasteiger partial charge in [0.15, 0.2) is 5.82 Å². The molecule has 1 fully saturated rings. The van der Waals surface area contributed by atoms with E-state index in [9.17, 15) is 4.79 Å². The third kappa shape index (κ3) is 3.56. The number of nitrogens with zero attached hydrogens (tertiary/aromatic N) is 4. The number of fused-ring (bicyclic) bond motifs is 1. The van der Waals surface area contributed by atoms with E-state index in [1.54, 1.807) is 23.0 Å². The van der Waals surface area contributed by atoms with Gasteiger partial charge >= 0.3 is 0 Å². The van der Waals surface area contributed by atoms with Crippen LogP contribution < -0.4 is 0 Å². The molecule has 1 aromatic heterocycles. The minimum Gasteiger partial charge on any atom is -0.342 e. The minimum atomic E-state index is -0.459. The second-order valence-electron chi connectivity index (χ2n) is 7.35. The van der Waals surface area contributed by atoms with Crippen LogP contribution in [0.15, 0.2) is 29.4 Å². The molecule has 0 spiro atoms. The van der Waals surface area contributed by atoms with Gasteiger partial charge in [-0.3, -0.25) is 4.79 Å². The molecule has 1 amide bonds.